The van der Waals surface area contributed by atoms with E-state index in [1.807, 2.05) is 24.4 Å². The SMILES string of the molecule is CC(C)N(C)CCNCc1ccc(Cl)c2cccnc12. The summed E-state index contributed by atoms with van der Waals surface area (Å²) < 4.78 is 0. The van der Waals surface area contributed by atoms with E-state index in [0.717, 1.165) is 35.6 Å². The van der Waals surface area contributed by atoms with Crippen LogP contribution in [0.25, 0.3) is 10.9 Å². The van der Waals surface area contributed by atoms with Crippen LogP contribution in [0.3, 0.4) is 0 Å². The van der Waals surface area contributed by atoms with Crippen molar-refractivity contribution in [3.8, 4) is 0 Å². The number of benzene rings is 1. The molecule has 1 aromatic heterocycles. The maximum Gasteiger partial charge on any atom is 0.0761 e. The molecule has 0 radical (unpaired) electrons. The van der Waals surface area contributed by atoms with Crippen molar-refractivity contribution in [2.24, 2.45) is 0 Å². The summed E-state index contributed by atoms with van der Waals surface area (Å²) in [5, 5.41) is 5.26. The fourth-order valence-electron chi connectivity index (χ4n) is 2.08. The molecule has 0 saturated heterocycles. The lowest BCUT2D eigenvalue weighted by atomic mass is 10.1. The minimum Gasteiger partial charge on any atom is -0.311 e. The molecule has 0 atom stereocenters. The normalized spacial score (nSPS) is 11.7. The van der Waals surface area contributed by atoms with Crippen LogP contribution in [-0.4, -0.2) is 36.1 Å². The van der Waals surface area contributed by atoms with Crippen molar-refractivity contribution in [3.63, 3.8) is 0 Å². The topological polar surface area (TPSA) is 28.2 Å². The van der Waals surface area contributed by atoms with Gasteiger partial charge in [-0.05, 0) is 44.7 Å². The maximum absolute atomic E-state index is 6.20. The second-order valence-electron chi connectivity index (χ2n) is 5.36. The van der Waals surface area contributed by atoms with Gasteiger partial charge in [0, 0.05) is 42.3 Å². The Kier molecular flexibility index (Phi) is 5.35. The number of rotatable bonds is 6. The second-order valence-corrected chi connectivity index (χ2v) is 5.76. The molecule has 2 rings (SSSR count). The highest BCUT2D eigenvalue weighted by atomic mass is 35.5. The largest absolute Gasteiger partial charge is 0.311 e. The zero-order chi connectivity index (χ0) is 14.5. The van der Waals surface area contributed by atoms with Crippen LogP contribution < -0.4 is 5.32 Å². The summed E-state index contributed by atoms with van der Waals surface area (Å²) in [4.78, 5) is 6.77. The number of pyridine rings is 1. The molecule has 0 spiro atoms. The Morgan fingerprint density at radius 2 is 2.10 bits per heavy atom. The van der Waals surface area contributed by atoms with Crippen LogP contribution in [0.2, 0.25) is 5.02 Å². The van der Waals surface area contributed by atoms with E-state index in [2.05, 4.69) is 42.2 Å². The zero-order valence-corrected chi connectivity index (χ0v) is 13.1. The summed E-state index contributed by atoms with van der Waals surface area (Å²) in [6.45, 7) is 7.23. The van der Waals surface area contributed by atoms with Crippen LogP contribution in [0.15, 0.2) is 30.5 Å². The number of aromatic nitrogens is 1. The summed E-state index contributed by atoms with van der Waals surface area (Å²) in [5.41, 5.74) is 2.18. The van der Waals surface area contributed by atoms with Crippen LogP contribution in [0.1, 0.15) is 19.4 Å². The van der Waals surface area contributed by atoms with Crippen molar-refractivity contribution >= 4 is 22.5 Å². The first-order chi connectivity index (χ1) is 9.59. The van der Waals surface area contributed by atoms with Gasteiger partial charge in [-0.25, -0.2) is 0 Å². The highest BCUT2D eigenvalue weighted by Gasteiger charge is 2.06. The van der Waals surface area contributed by atoms with E-state index < -0.39 is 0 Å². The van der Waals surface area contributed by atoms with Crippen molar-refractivity contribution in [3.05, 3.63) is 41.0 Å². The standard InChI is InChI=1S/C16H22ClN3/c1-12(2)20(3)10-9-18-11-13-6-7-15(17)14-5-4-8-19-16(13)14/h4-8,12,18H,9-11H2,1-3H3. The third-order valence-electron chi connectivity index (χ3n) is 3.64. The molecule has 0 aliphatic carbocycles. The first-order valence-corrected chi connectivity index (χ1v) is 7.40. The molecule has 0 fully saturated rings. The van der Waals surface area contributed by atoms with E-state index in [9.17, 15) is 0 Å². The lowest BCUT2D eigenvalue weighted by molar-refractivity contribution is 0.273. The van der Waals surface area contributed by atoms with Crippen LogP contribution >= 0.6 is 11.6 Å². The highest BCUT2D eigenvalue weighted by Crippen LogP contribution is 2.24. The second kappa shape index (κ2) is 7.02. The van der Waals surface area contributed by atoms with E-state index in [-0.39, 0.29) is 0 Å². The Hall–Kier alpha value is -1.16. The molecule has 0 aliphatic heterocycles. The number of nitrogens with zero attached hydrogens (tertiary/aromatic N) is 2. The van der Waals surface area contributed by atoms with Gasteiger partial charge in [-0.1, -0.05) is 17.7 Å². The number of fused-ring (bicyclic) bond motifs is 1. The van der Waals surface area contributed by atoms with Crippen molar-refractivity contribution in [2.75, 3.05) is 20.1 Å². The lowest BCUT2D eigenvalue weighted by Gasteiger charge is -2.21. The Morgan fingerprint density at radius 3 is 2.85 bits per heavy atom. The maximum atomic E-state index is 6.20. The molecule has 108 valence electrons. The van der Waals surface area contributed by atoms with Gasteiger partial charge in [0.2, 0.25) is 0 Å². The lowest BCUT2D eigenvalue weighted by Crippen LogP contribution is -2.33. The van der Waals surface area contributed by atoms with Crippen molar-refractivity contribution < 1.29 is 0 Å². The third kappa shape index (κ3) is 3.69. The first kappa shape index (κ1) is 15.2. The van der Waals surface area contributed by atoms with Gasteiger partial charge in [0.25, 0.3) is 0 Å². The van der Waals surface area contributed by atoms with Gasteiger partial charge < -0.3 is 10.2 Å². The summed E-state index contributed by atoms with van der Waals surface area (Å²) in [5.74, 6) is 0. The molecular formula is C16H22ClN3. The minimum atomic E-state index is 0.579. The molecule has 0 bridgehead atoms. The number of hydrogen-bond acceptors (Lipinski definition) is 3. The zero-order valence-electron chi connectivity index (χ0n) is 12.4. The van der Waals surface area contributed by atoms with E-state index in [1.54, 1.807) is 0 Å². The van der Waals surface area contributed by atoms with Gasteiger partial charge in [-0.2, -0.15) is 0 Å². The van der Waals surface area contributed by atoms with E-state index in [1.165, 1.54) is 5.56 Å². The smallest absolute Gasteiger partial charge is 0.0761 e. The molecule has 4 heteroatoms. The van der Waals surface area contributed by atoms with Crippen molar-refractivity contribution in [2.45, 2.75) is 26.4 Å². The molecule has 0 unspecified atom stereocenters. The van der Waals surface area contributed by atoms with Crippen LogP contribution in [-0.2, 0) is 6.54 Å². The predicted molar refractivity (Wildman–Crippen MR) is 86.2 cm³/mol. The van der Waals surface area contributed by atoms with E-state index in [4.69, 9.17) is 11.6 Å². The average molecular weight is 292 g/mol. The van der Waals surface area contributed by atoms with Gasteiger partial charge in [0.15, 0.2) is 0 Å². The van der Waals surface area contributed by atoms with E-state index in [0.29, 0.717) is 6.04 Å². The quantitative estimate of drug-likeness (QED) is 0.828. The molecule has 0 aliphatic rings. The molecule has 2 aromatic rings. The van der Waals surface area contributed by atoms with Gasteiger partial charge in [0.1, 0.15) is 0 Å². The fraction of sp³-hybridized carbons (Fsp3) is 0.438. The number of likely N-dealkylation sites (N-methyl/N-ethyl adjacent to an activating group) is 1. The summed E-state index contributed by atoms with van der Waals surface area (Å²) in [7, 11) is 2.14. The number of halogens is 1. The molecule has 0 saturated carbocycles. The van der Waals surface area contributed by atoms with Crippen LogP contribution in [0, 0.1) is 0 Å². The first-order valence-electron chi connectivity index (χ1n) is 7.02. The van der Waals surface area contributed by atoms with Crippen molar-refractivity contribution in [1.29, 1.82) is 0 Å². The fourth-order valence-corrected chi connectivity index (χ4v) is 2.29. The molecule has 20 heavy (non-hydrogen) atoms. The average Bonchev–Trinajstić information content (AvgIpc) is 2.45. The molecule has 1 aromatic carbocycles. The molecular weight excluding hydrogens is 270 g/mol. The van der Waals surface area contributed by atoms with Gasteiger partial charge in [-0.15, -0.1) is 0 Å². The summed E-state index contributed by atoms with van der Waals surface area (Å²) >= 11 is 6.20. The molecule has 1 heterocycles. The Morgan fingerprint density at radius 1 is 1.30 bits per heavy atom. The molecule has 0 amide bonds. The van der Waals surface area contributed by atoms with Crippen molar-refractivity contribution in [1.82, 2.24) is 15.2 Å². The van der Waals surface area contributed by atoms with Gasteiger partial charge in [0.05, 0.1) is 5.52 Å². The van der Waals surface area contributed by atoms with Crippen LogP contribution in [0.5, 0.6) is 0 Å². The third-order valence-corrected chi connectivity index (χ3v) is 3.97. The summed E-state index contributed by atoms with van der Waals surface area (Å²) in [6.07, 6.45) is 1.81. The predicted octanol–water partition coefficient (Wildman–Crippen LogP) is 3.32. The minimum absolute atomic E-state index is 0.579. The monoisotopic (exact) mass is 291 g/mol. The van der Waals surface area contributed by atoms with Gasteiger partial charge in [-0.3, -0.25) is 4.98 Å². The Bertz CT molecular complexity index is 569. The van der Waals surface area contributed by atoms with Crippen LogP contribution in [0.4, 0.5) is 0 Å². The Labute approximate surface area is 126 Å². The number of nitrogens with one attached hydrogen (secondary N) is 1. The number of hydrogen-bond donors (Lipinski definition) is 1. The Balaban J connectivity index is 1.99. The van der Waals surface area contributed by atoms with E-state index >= 15 is 0 Å². The molecule has 1 N–H and O–H groups in total. The highest BCUT2D eigenvalue weighted by molar-refractivity contribution is 6.35. The molecule has 3 nitrogen and oxygen atoms in total. The summed E-state index contributed by atoms with van der Waals surface area (Å²) in [6, 6.07) is 8.51. The van der Waals surface area contributed by atoms with Gasteiger partial charge >= 0.3 is 0 Å².